The Bertz CT molecular complexity index is 673. The summed E-state index contributed by atoms with van der Waals surface area (Å²) in [4.78, 5) is 12.6. The number of hydrogen-bond donors (Lipinski definition) is 1. The number of benzene rings is 1. The van der Waals surface area contributed by atoms with Crippen molar-refractivity contribution in [2.24, 2.45) is 0 Å². The van der Waals surface area contributed by atoms with Crippen LogP contribution in [0.3, 0.4) is 0 Å². The molecule has 0 saturated carbocycles. The molecule has 148 valence electrons. The Morgan fingerprint density at radius 1 is 1.08 bits per heavy atom. The van der Waals surface area contributed by atoms with Crippen LogP contribution >= 0.6 is 0 Å². The standard InChI is InChI=1S/C19H32N2O4S/c1-6-7-8-9-13-21(26(23,24)25)19(22)20-18-16(14(2)3)11-10-12-17(18)15(4)5/h10-12,14-15H,6-9,13H2,1-5H3,(H,20,22)(H,23,24,25)/p-1. The molecule has 7 heteroatoms. The number of carbonyl (C=O) groups excluding carboxylic acids is 1. The average molecular weight is 384 g/mol. The number of anilines is 1. The highest BCUT2D eigenvalue weighted by atomic mass is 32.2. The second kappa shape index (κ2) is 9.92. The molecule has 1 aromatic carbocycles. The van der Waals surface area contributed by atoms with Gasteiger partial charge in [0, 0.05) is 12.2 Å². The molecular formula is C19H31N2O4S-. The summed E-state index contributed by atoms with van der Waals surface area (Å²) >= 11 is 0. The van der Waals surface area contributed by atoms with Crippen molar-refractivity contribution in [2.75, 3.05) is 11.9 Å². The van der Waals surface area contributed by atoms with Crippen molar-refractivity contribution in [3.8, 4) is 0 Å². The Hall–Kier alpha value is -1.60. The van der Waals surface area contributed by atoms with E-state index in [1.165, 1.54) is 0 Å². The van der Waals surface area contributed by atoms with E-state index in [9.17, 15) is 17.8 Å². The molecule has 0 bridgehead atoms. The normalized spacial score (nSPS) is 11.8. The van der Waals surface area contributed by atoms with Gasteiger partial charge in [-0.15, -0.1) is 0 Å². The minimum absolute atomic E-state index is 0.0987. The van der Waals surface area contributed by atoms with Crippen LogP contribution < -0.4 is 5.32 Å². The first kappa shape index (κ1) is 22.4. The van der Waals surface area contributed by atoms with E-state index in [1.807, 2.05) is 52.8 Å². The molecule has 1 rings (SSSR count). The molecule has 0 aliphatic carbocycles. The average Bonchev–Trinajstić information content (AvgIpc) is 2.53. The predicted molar refractivity (Wildman–Crippen MR) is 104 cm³/mol. The Balaban J connectivity index is 3.12. The maximum Gasteiger partial charge on any atom is 0.334 e. The topological polar surface area (TPSA) is 89.5 Å². The molecule has 0 aromatic heterocycles. The van der Waals surface area contributed by atoms with Crippen LogP contribution in [0.25, 0.3) is 0 Å². The third-order valence-corrected chi connectivity index (χ3v) is 5.20. The highest BCUT2D eigenvalue weighted by Crippen LogP contribution is 2.32. The summed E-state index contributed by atoms with van der Waals surface area (Å²) < 4.78 is 35.1. The highest BCUT2D eigenvalue weighted by Gasteiger charge is 2.22. The van der Waals surface area contributed by atoms with E-state index in [0.717, 1.165) is 30.4 Å². The summed E-state index contributed by atoms with van der Waals surface area (Å²) in [5.74, 6) is 0.289. The fourth-order valence-electron chi connectivity index (χ4n) is 2.86. The monoisotopic (exact) mass is 383 g/mol. The van der Waals surface area contributed by atoms with Gasteiger partial charge in [-0.3, -0.25) is 0 Å². The number of rotatable bonds is 9. The highest BCUT2D eigenvalue weighted by molar-refractivity contribution is 7.83. The minimum Gasteiger partial charge on any atom is -0.731 e. The number of carbonyl (C=O) groups is 1. The Morgan fingerprint density at radius 2 is 1.62 bits per heavy atom. The van der Waals surface area contributed by atoms with Crippen LogP contribution in [0.1, 0.15) is 83.3 Å². The van der Waals surface area contributed by atoms with Crippen molar-refractivity contribution in [1.29, 1.82) is 0 Å². The van der Waals surface area contributed by atoms with Gasteiger partial charge in [0.25, 0.3) is 0 Å². The molecule has 6 nitrogen and oxygen atoms in total. The van der Waals surface area contributed by atoms with Crippen molar-refractivity contribution in [3.05, 3.63) is 29.3 Å². The molecule has 26 heavy (non-hydrogen) atoms. The molecule has 0 fully saturated rings. The van der Waals surface area contributed by atoms with Crippen LogP contribution in [-0.2, 0) is 10.3 Å². The molecule has 1 aromatic rings. The second-order valence-corrected chi connectivity index (χ2v) is 8.44. The molecular weight excluding hydrogens is 352 g/mol. The van der Waals surface area contributed by atoms with Crippen LogP contribution in [0.4, 0.5) is 10.5 Å². The van der Waals surface area contributed by atoms with Gasteiger partial charge in [-0.05, 0) is 29.4 Å². The van der Waals surface area contributed by atoms with Gasteiger partial charge in [0.2, 0.25) is 0 Å². The number of nitrogens with one attached hydrogen (secondary N) is 1. The van der Waals surface area contributed by atoms with Crippen LogP contribution in [0.15, 0.2) is 18.2 Å². The van der Waals surface area contributed by atoms with Gasteiger partial charge in [0.1, 0.15) is 0 Å². The molecule has 0 aliphatic rings. The second-order valence-electron chi connectivity index (χ2n) is 7.14. The zero-order valence-electron chi connectivity index (χ0n) is 16.4. The SMILES string of the molecule is CCCCCCN(C(=O)Nc1c(C(C)C)cccc1C(C)C)S(=O)(=O)[O-]. The van der Waals surface area contributed by atoms with E-state index >= 15 is 0 Å². The van der Waals surface area contributed by atoms with Crippen molar-refractivity contribution in [1.82, 2.24) is 4.31 Å². The zero-order valence-corrected chi connectivity index (χ0v) is 17.2. The Labute approximate surface area is 157 Å². The summed E-state index contributed by atoms with van der Waals surface area (Å²) in [6.45, 7) is 9.94. The molecule has 0 aliphatic heterocycles. The first-order valence-electron chi connectivity index (χ1n) is 9.26. The number of hydrogen-bond acceptors (Lipinski definition) is 4. The van der Waals surface area contributed by atoms with Gasteiger partial charge in [-0.2, -0.15) is 0 Å². The van der Waals surface area contributed by atoms with E-state index in [4.69, 9.17) is 0 Å². The van der Waals surface area contributed by atoms with Crippen molar-refractivity contribution in [2.45, 2.75) is 72.1 Å². The summed E-state index contributed by atoms with van der Waals surface area (Å²) in [7, 11) is -4.87. The molecule has 0 radical (unpaired) electrons. The number of urea groups is 1. The van der Waals surface area contributed by atoms with Gasteiger partial charge >= 0.3 is 6.03 Å². The third kappa shape index (κ3) is 6.29. The van der Waals surface area contributed by atoms with E-state index in [2.05, 4.69) is 5.32 Å². The van der Waals surface area contributed by atoms with E-state index in [1.54, 1.807) is 0 Å². The first-order chi connectivity index (χ1) is 12.1. The van der Waals surface area contributed by atoms with E-state index in [-0.39, 0.29) is 18.4 Å². The van der Waals surface area contributed by atoms with Crippen LogP contribution in [0.5, 0.6) is 0 Å². The van der Waals surface area contributed by atoms with Crippen LogP contribution in [0.2, 0.25) is 0 Å². The lowest BCUT2D eigenvalue weighted by Crippen LogP contribution is -2.40. The third-order valence-electron chi connectivity index (χ3n) is 4.32. The Kier molecular flexibility index (Phi) is 8.56. The predicted octanol–water partition coefficient (Wildman–Crippen LogP) is 4.81. The molecule has 0 spiro atoms. The number of unbranched alkanes of at least 4 members (excludes halogenated alkanes) is 3. The number of para-hydroxylation sites is 1. The van der Waals surface area contributed by atoms with Gasteiger partial charge in [0.15, 0.2) is 10.3 Å². The van der Waals surface area contributed by atoms with Gasteiger partial charge in [0.05, 0.1) is 0 Å². The van der Waals surface area contributed by atoms with Gasteiger partial charge in [-0.25, -0.2) is 17.5 Å². The van der Waals surface area contributed by atoms with E-state index < -0.39 is 16.3 Å². The molecule has 0 unspecified atom stereocenters. The maximum atomic E-state index is 12.6. The van der Waals surface area contributed by atoms with Crippen molar-refractivity contribution in [3.63, 3.8) is 0 Å². The molecule has 0 saturated heterocycles. The fourth-order valence-corrected chi connectivity index (χ4v) is 3.46. The van der Waals surface area contributed by atoms with Crippen molar-refractivity contribution >= 4 is 22.0 Å². The lowest BCUT2D eigenvalue weighted by atomic mass is 9.93. The zero-order chi connectivity index (χ0) is 19.9. The molecule has 1 N–H and O–H groups in total. The molecule has 2 amide bonds. The lowest BCUT2D eigenvalue weighted by Gasteiger charge is -2.27. The summed E-state index contributed by atoms with van der Waals surface area (Å²) in [6, 6.07) is 4.85. The smallest absolute Gasteiger partial charge is 0.334 e. The van der Waals surface area contributed by atoms with Gasteiger partial charge in [-0.1, -0.05) is 72.1 Å². The first-order valence-corrected chi connectivity index (χ1v) is 10.6. The van der Waals surface area contributed by atoms with Crippen LogP contribution in [-0.4, -0.2) is 29.9 Å². The summed E-state index contributed by atoms with van der Waals surface area (Å²) in [5.41, 5.74) is 2.43. The van der Waals surface area contributed by atoms with E-state index in [0.29, 0.717) is 16.4 Å². The minimum atomic E-state index is -4.87. The molecule has 0 atom stereocenters. The number of nitrogens with zero attached hydrogens (tertiary/aromatic N) is 1. The van der Waals surface area contributed by atoms with Gasteiger partial charge < -0.3 is 9.87 Å². The van der Waals surface area contributed by atoms with Crippen LogP contribution in [0, 0.1) is 0 Å². The molecule has 0 heterocycles. The lowest BCUT2D eigenvalue weighted by molar-refractivity contribution is 0.230. The fraction of sp³-hybridized carbons (Fsp3) is 0.632. The Morgan fingerprint density at radius 3 is 2.04 bits per heavy atom. The number of amides is 2. The van der Waals surface area contributed by atoms with Crippen molar-refractivity contribution < 1.29 is 17.8 Å². The summed E-state index contributed by atoms with van der Waals surface area (Å²) in [5, 5.41) is 2.70. The summed E-state index contributed by atoms with van der Waals surface area (Å²) in [6.07, 6.45) is 3.17. The largest absolute Gasteiger partial charge is 0.731 e. The maximum absolute atomic E-state index is 12.6. The quantitative estimate of drug-likeness (QED) is 0.489.